The number of fused-ring (bicyclic) bond motifs is 4. The van der Waals surface area contributed by atoms with Crippen LogP contribution in [0.1, 0.15) is 31.7 Å². The molecule has 2 saturated heterocycles. The first-order valence-electron chi connectivity index (χ1n) is 10.0. The number of carbonyl (C=O) groups is 2. The van der Waals surface area contributed by atoms with Gasteiger partial charge in [0.2, 0.25) is 5.91 Å². The van der Waals surface area contributed by atoms with Gasteiger partial charge in [-0.1, -0.05) is 31.5 Å². The molecule has 1 aromatic rings. The molecule has 7 heteroatoms. The van der Waals surface area contributed by atoms with Crippen LogP contribution in [0.4, 0.5) is 5.69 Å². The number of nitrogens with one attached hydrogen (secondary N) is 1. The summed E-state index contributed by atoms with van der Waals surface area (Å²) >= 11 is 0. The van der Waals surface area contributed by atoms with Gasteiger partial charge in [-0.25, -0.2) is 4.79 Å². The van der Waals surface area contributed by atoms with Gasteiger partial charge in [-0.15, -0.1) is 12.4 Å². The van der Waals surface area contributed by atoms with E-state index in [1.54, 1.807) is 7.11 Å². The minimum atomic E-state index is -0.540. The van der Waals surface area contributed by atoms with Crippen molar-refractivity contribution < 1.29 is 19.1 Å². The fourth-order valence-electron chi connectivity index (χ4n) is 5.63. The van der Waals surface area contributed by atoms with Gasteiger partial charge in [0.15, 0.2) is 0 Å². The number of rotatable bonds is 4. The summed E-state index contributed by atoms with van der Waals surface area (Å²) in [6.07, 6.45) is 4.04. The molecular weight excluding hydrogens is 392 g/mol. The SMILES string of the molecule is CC[C@@H]1CN2CC[C@@]3(C(=O)Nc4ccccc43)[C@@H]2C[C@@H]1C(=COC)C(=O)OC.Cl. The molecule has 1 spiro atoms. The first-order valence-corrected chi connectivity index (χ1v) is 10.0. The molecular formula is C22H29ClN2O4. The Labute approximate surface area is 178 Å². The van der Waals surface area contributed by atoms with Crippen molar-refractivity contribution in [3.8, 4) is 0 Å². The zero-order valence-corrected chi connectivity index (χ0v) is 18.0. The van der Waals surface area contributed by atoms with Crippen molar-refractivity contribution in [3.05, 3.63) is 41.7 Å². The monoisotopic (exact) mass is 420 g/mol. The molecule has 6 nitrogen and oxygen atoms in total. The van der Waals surface area contributed by atoms with E-state index in [9.17, 15) is 9.59 Å². The van der Waals surface area contributed by atoms with Gasteiger partial charge in [0.05, 0.1) is 31.5 Å². The first kappa shape index (κ1) is 21.7. The lowest BCUT2D eigenvalue weighted by molar-refractivity contribution is -0.137. The highest BCUT2D eigenvalue weighted by atomic mass is 35.5. The van der Waals surface area contributed by atoms with Crippen molar-refractivity contribution in [3.63, 3.8) is 0 Å². The zero-order valence-electron chi connectivity index (χ0n) is 17.1. The predicted molar refractivity (Wildman–Crippen MR) is 113 cm³/mol. The third kappa shape index (κ3) is 3.22. The van der Waals surface area contributed by atoms with Crippen LogP contribution in [0.3, 0.4) is 0 Å². The fourth-order valence-corrected chi connectivity index (χ4v) is 5.63. The molecule has 0 aliphatic carbocycles. The van der Waals surface area contributed by atoms with Crippen molar-refractivity contribution in [2.75, 3.05) is 32.6 Å². The molecule has 3 aliphatic heterocycles. The molecule has 1 aromatic carbocycles. The van der Waals surface area contributed by atoms with E-state index in [1.165, 1.54) is 13.4 Å². The van der Waals surface area contributed by atoms with Crippen molar-refractivity contribution in [2.24, 2.45) is 11.8 Å². The Morgan fingerprint density at radius 3 is 2.79 bits per heavy atom. The molecule has 0 radical (unpaired) electrons. The number of halogens is 1. The predicted octanol–water partition coefficient (Wildman–Crippen LogP) is 3.12. The topological polar surface area (TPSA) is 67.9 Å². The number of carbonyl (C=O) groups excluding carboxylic acids is 2. The molecule has 0 aromatic heterocycles. The lowest BCUT2D eigenvalue weighted by atomic mass is 9.67. The van der Waals surface area contributed by atoms with Gasteiger partial charge < -0.3 is 14.8 Å². The second-order valence-corrected chi connectivity index (χ2v) is 8.04. The minimum Gasteiger partial charge on any atom is -0.504 e. The standard InChI is InChI=1S/C22H28N2O4.ClH/c1-4-14-12-24-10-9-22(17-7-5-6-8-18(17)23-21(22)26)19(24)11-15(14)16(13-27-2)20(25)28-3;/h5-8,13-15,19H,4,9-12H2,1-3H3,(H,23,26);1H/t14-,15+,19+,22+;/m1./s1. The number of anilines is 1. The van der Waals surface area contributed by atoms with E-state index in [2.05, 4.69) is 23.2 Å². The van der Waals surface area contributed by atoms with E-state index in [0.29, 0.717) is 11.5 Å². The molecule has 0 saturated carbocycles. The maximum atomic E-state index is 13.2. The summed E-state index contributed by atoms with van der Waals surface area (Å²) in [6, 6.07) is 8.07. The number of benzene rings is 1. The number of hydrogen-bond donors (Lipinski definition) is 1. The van der Waals surface area contributed by atoms with Gasteiger partial charge in [-0.05, 0) is 42.9 Å². The number of amides is 1. The highest BCUT2D eigenvalue weighted by molar-refractivity contribution is 6.07. The van der Waals surface area contributed by atoms with Crippen LogP contribution in [-0.2, 0) is 24.5 Å². The van der Waals surface area contributed by atoms with Crippen molar-refractivity contribution in [1.82, 2.24) is 4.90 Å². The Hall–Kier alpha value is -2.05. The number of para-hydroxylation sites is 1. The molecule has 0 unspecified atom stereocenters. The van der Waals surface area contributed by atoms with Gasteiger partial charge in [-0.2, -0.15) is 0 Å². The average molecular weight is 421 g/mol. The van der Waals surface area contributed by atoms with E-state index >= 15 is 0 Å². The Bertz CT molecular complexity index is 827. The van der Waals surface area contributed by atoms with Crippen LogP contribution in [-0.4, -0.2) is 50.1 Å². The van der Waals surface area contributed by atoms with Gasteiger partial charge in [0, 0.05) is 18.3 Å². The highest BCUT2D eigenvalue weighted by Crippen LogP contribution is 2.53. The van der Waals surface area contributed by atoms with Crippen LogP contribution in [0.5, 0.6) is 0 Å². The number of methoxy groups -OCH3 is 2. The number of esters is 1. The minimum absolute atomic E-state index is 0. The third-order valence-electron chi connectivity index (χ3n) is 6.97. The zero-order chi connectivity index (χ0) is 19.9. The van der Waals surface area contributed by atoms with Crippen LogP contribution >= 0.6 is 12.4 Å². The number of hydrogen-bond acceptors (Lipinski definition) is 5. The number of piperidine rings is 1. The largest absolute Gasteiger partial charge is 0.504 e. The van der Waals surface area contributed by atoms with Gasteiger partial charge in [0.25, 0.3) is 0 Å². The second kappa shape index (κ2) is 8.36. The molecule has 4 rings (SSSR count). The maximum Gasteiger partial charge on any atom is 0.337 e. The summed E-state index contributed by atoms with van der Waals surface area (Å²) in [7, 11) is 2.95. The summed E-state index contributed by atoms with van der Waals surface area (Å²) in [5, 5.41) is 3.10. The summed E-state index contributed by atoms with van der Waals surface area (Å²) in [5.74, 6) is 0.0769. The van der Waals surface area contributed by atoms with E-state index in [0.717, 1.165) is 43.6 Å². The normalized spacial score (nSPS) is 30.9. The Balaban J connectivity index is 0.00000240. The number of nitrogens with zero attached hydrogens (tertiary/aromatic N) is 1. The van der Waals surface area contributed by atoms with Gasteiger partial charge in [-0.3, -0.25) is 9.69 Å². The van der Waals surface area contributed by atoms with Gasteiger partial charge in [0.1, 0.15) is 0 Å². The van der Waals surface area contributed by atoms with E-state index < -0.39 is 5.41 Å². The van der Waals surface area contributed by atoms with Crippen molar-refractivity contribution in [2.45, 2.75) is 37.6 Å². The van der Waals surface area contributed by atoms with Crippen LogP contribution < -0.4 is 5.32 Å². The first-order chi connectivity index (χ1) is 13.6. The van der Waals surface area contributed by atoms with Crippen molar-refractivity contribution >= 4 is 30.0 Å². The second-order valence-electron chi connectivity index (χ2n) is 8.04. The van der Waals surface area contributed by atoms with E-state index in [-0.39, 0.29) is 36.2 Å². The van der Waals surface area contributed by atoms with Crippen LogP contribution in [0.25, 0.3) is 0 Å². The molecule has 1 N–H and O–H groups in total. The lowest BCUT2D eigenvalue weighted by Gasteiger charge is -2.45. The summed E-state index contributed by atoms with van der Waals surface area (Å²) in [4.78, 5) is 28.1. The molecule has 3 aliphatic rings. The highest BCUT2D eigenvalue weighted by Gasteiger charge is 2.60. The Kier molecular flexibility index (Phi) is 6.24. The fraction of sp³-hybridized carbons (Fsp3) is 0.545. The summed E-state index contributed by atoms with van der Waals surface area (Å²) < 4.78 is 10.3. The molecule has 0 bridgehead atoms. The smallest absolute Gasteiger partial charge is 0.337 e. The van der Waals surface area contributed by atoms with Gasteiger partial charge >= 0.3 is 5.97 Å². The molecule has 1 amide bonds. The van der Waals surface area contributed by atoms with E-state index in [4.69, 9.17) is 9.47 Å². The van der Waals surface area contributed by atoms with Crippen LogP contribution in [0, 0.1) is 11.8 Å². The van der Waals surface area contributed by atoms with Crippen molar-refractivity contribution in [1.29, 1.82) is 0 Å². The quantitative estimate of drug-likeness (QED) is 0.460. The summed E-state index contributed by atoms with van der Waals surface area (Å²) in [5.41, 5.74) is 2.05. The lowest BCUT2D eigenvalue weighted by Crippen LogP contribution is -2.53. The Morgan fingerprint density at radius 2 is 2.10 bits per heavy atom. The maximum absolute atomic E-state index is 13.2. The average Bonchev–Trinajstić information content (AvgIpc) is 3.23. The molecule has 29 heavy (non-hydrogen) atoms. The Morgan fingerprint density at radius 1 is 1.34 bits per heavy atom. The number of ether oxygens (including phenoxy) is 2. The molecule has 3 heterocycles. The molecule has 2 fully saturated rings. The van der Waals surface area contributed by atoms with E-state index in [1.807, 2.05) is 18.2 Å². The molecule has 4 atom stereocenters. The van der Waals surface area contributed by atoms with Crippen LogP contribution in [0.2, 0.25) is 0 Å². The summed E-state index contributed by atoms with van der Waals surface area (Å²) in [6.45, 7) is 3.93. The van der Waals surface area contributed by atoms with Crippen LogP contribution in [0.15, 0.2) is 36.1 Å². The third-order valence-corrected chi connectivity index (χ3v) is 6.97. The molecule has 158 valence electrons.